The number of hydrogen-bond donors (Lipinski definition) is 2. The molecule has 3 rings (SSSR count). The Hall–Kier alpha value is -1.14. The Labute approximate surface area is 144 Å². The van der Waals surface area contributed by atoms with Crippen molar-refractivity contribution in [2.75, 3.05) is 26.2 Å². The van der Waals surface area contributed by atoms with Crippen molar-refractivity contribution in [3.63, 3.8) is 0 Å². The van der Waals surface area contributed by atoms with Crippen LogP contribution in [0.15, 0.2) is 0 Å². The first-order valence-corrected chi connectivity index (χ1v) is 9.44. The molecule has 2 N–H and O–H groups in total. The zero-order valence-corrected chi connectivity index (χ0v) is 15.0. The molecular weight excluding hydrogens is 306 g/mol. The number of nitrogens with zero attached hydrogens (tertiary/aromatic N) is 2. The van der Waals surface area contributed by atoms with Crippen LogP contribution in [-0.4, -0.2) is 64.7 Å². The summed E-state index contributed by atoms with van der Waals surface area (Å²) in [4.78, 5) is 28.5. The molecule has 0 aromatic carbocycles. The Kier molecular flexibility index (Phi) is 5.16. The molecule has 1 atom stereocenters. The molecule has 3 fully saturated rings. The van der Waals surface area contributed by atoms with Gasteiger partial charge in [0, 0.05) is 6.54 Å². The lowest BCUT2D eigenvalue weighted by molar-refractivity contribution is -0.133. The van der Waals surface area contributed by atoms with E-state index in [9.17, 15) is 14.7 Å². The average molecular weight is 337 g/mol. The van der Waals surface area contributed by atoms with Crippen LogP contribution in [0.4, 0.5) is 4.79 Å². The Morgan fingerprint density at radius 1 is 1.08 bits per heavy atom. The maximum Gasteiger partial charge on any atom is 0.325 e. The summed E-state index contributed by atoms with van der Waals surface area (Å²) >= 11 is 0. The number of imide groups is 1. The van der Waals surface area contributed by atoms with Crippen molar-refractivity contribution >= 4 is 11.9 Å². The second-order valence-corrected chi connectivity index (χ2v) is 8.25. The minimum absolute atomic E-state index is 0.105. The molecular formula is C18H31N3O3. The zero-order valence-electron chi connectivity index (χ0n) is 15.0. The van der Waals surface area contributed by atoms with Crippen LogP contribution >= 0.6 is 0 Å². The van der Waals surface area contributed by atoms with Crippen molar-refractivity contribution in [1.29, 1.82) is 0 Å². The second kappa shape index (κ2) is 7.00. The van der Waals surface area contributed by atoms with Gasteiger partial charge in [-0.05, 0) is 63.5 Å². The van der Waals surface area contributed by atoms with E-state index in [2.05, 4.69) is 24.1 Å². The third-order valence-corrected chi connectivity index (χ3v) is 6.11. The van der Waals surface area contributed by atoms with Gasteiger partial charge < -0.3 is 15.3 Å². The first kappa shape index (κ1) is 17.7. The van der Waals surface area contributed by atoms with Gasteiger partial charge in [0.1, 0.15) is 5.54 Å². The highest BCUT2D eigenvalue weighted by atomic mass is 16.3. The quantitative estimate of drug-likeness (QED) is 0.764. The van der Waals surface area contributed by atoms with Gasteiger partial charge in [0.15, 0.2) is 0 Å². The van der Waals surface area contributed by atoms with Gasteiger partial charge in [-0.1, -0.05) is 13.8 Å². The topological polar surface area (TPSA) is 72.9 Å². The Morgan fingerprint density at radius 3 is 2.29 bits per heavy atom. The summed E-state index contributed by atoms with van der Waals surface area (Å²) in [5.74, 6) is 1.23. The summed E-state index contributed by atoms with van der Waals surface area (Å²) < 4.78 is 0. The average Bonchev–Trinajstić information content (AvgIpc) is 2.77. The molecule has 0 aromatic heterocycles. The molecule has 3 aliphatic rings. The van der Waals surface area contributed by atoms with Gasteiger partial charge >= 0.3 is 6.03 Å². The highest BCUT2D eigenvalue weighted by molar-refractivity contribution is 6.07. The number of carbonyl (C=O) groups is 2. The molecule has 1 saturated carbocycles. The molecule has 1 aliphatic carbocycles. The molecule has 3 amide bonds. The fraction of sp³-hybridized carbons (Fsp3) is 0.889. The van der Waals surface area contributed by atoms with E-state index in [1.54, 1.807) is 0 Å². The van der Waals surface area contributed by atoms with Gasteiger partial charge in [0.25, 0.3) is 5.91 Å². The lowest BCUT2D eigenvalue weighted by Crippen LogP contribution is -2.50. The normalized spacial score (nSPS) is 34.0. The molecule has 136 valence electrons. The largest absolute Gasteiger partial charge is 0.390 e. The molecule has 0 unspecified atom stereocenters. The molecule has 2 heterocycles. The van der Waals surface area contributed by atoms with Gasteiger partial charge in [0.2, 0.25) is 0 Å². The van der Waals surface area contributed by atoms with E-state index in [1.165, 1.54) is 4.90 Å². The van der Waals surface area contributed by atoms with Crippen molar-refractivity contribution < 1.29 is 14.7 Å². The minimum Gasteiger partial charge on any atom is -0.390 e. The first-order valence-electron chi connectivity index (χ1n) is 9.44. The molecule has 2 aliphatic heterocycles. The fourth-order valence-electron chi connectivity index (χ4n) is 4.25. The van der Waals surface area contributed by atoms with Crippen LogP contribution in [0, 0.1) is 11.8 Å². The summed E-state index contributed by atoms with van der Waals surface area (Å²) in [7, 11) is 0. The van der Waals surface area contributed by atoms with E-state index in [1.807, 2.05) is 0 Å². The van der Waals surface area contributed by atoms with E-state index >= 15 is 0 Å². The van der Waals surface area contributed by atoms with Crippen molar-refractivity contribution in [2.24, 2.45) is 11.8 Å². The maximum absolute atomic E-state index is 12.8. The molecule has 6 heteroatoms. The SMILES string of the molecule is CC1CCN(C[C@H](O)CN2C(=O)NC3(CCC(C)CC3)C2=O)CC1. The van der Waals surface area contributed by atoms with Gasteiger partial charge in [-0.25, -0.2) is 4.79 Å². The summed E-state index contributed by atoms with van der Waals surface area (Å²) in [6, 6.07) is -0.333. The summed E-state index contributed by atoms with van der Waals surface area (Å²) in [6.07, 6.45) is 4.99. The molecule has 1 spiro atoms. The van der Waals surface area contributed by atoms with E-state index in [4.69, 9.17) is 0 Å². The van der Waals surface area contributed by atoms with Gasteiger partial charge in [-0.3, -0.25) is 9.69 Å². The predicted octanol–water partition coefficient (Wildman–Crippen LogP) is 1.58. The number of rotatable bonds is 4. The van der Waals surface area contributed by atoms with Crippen molar-refractivity contribution in [3.8, 4) is 0 Å². The van der Waals surface area contributed by atoms with Gasteiger partial charge in [0.05, 0.1) is 12.6 Å². The molecule has 6 nitrogen and oxygen atoms in total. The number of aliphatic hydroxyl groups excluding tert-OH is 1. The van der Waals surface area contributed by atoms with Crippen molar-refractivity contribution in [1.82, 2.24) is 15.1 Å². The third-order valence-electron chi connectivity index (χ3n) is 6.11. The monoisotopic (exact) mass is 337 g/mol. The minimum atomic E-state index is -0.704. The number of piperidine rings is 1. The highest BCUT2D eigenvalue weighted by Gasteiger charge is 2.52. The standard InChI is InChI=1S/C18H31N3O3/c1-13-3-7-18(8-4-13)16(23)21(17(24)19-18)12-15(22)11-20-9-5-14(2)6-10-20/h13-15,22H,3-12H2,1-2H3,(H,19,24)/t13?,15-,18?/m0/s1. The summed E-state index contributed by atoms with van der Waals surface area (Å²) in [5, 5.41) is 13.3. The van der Waals surface area contributed by atoms with Crippen molar-refractivity contribution in [2.45, 2.75) is 64.0 Å². The molecule has 24 heavy (non-hydrogen) atoms. The number of nitrogens with one attached hydrogen (secondary N) is 1. The van der Waals surface area contributed by atoms with Crippen LogP contribution in [0.3, 0.4) is 0 Å². The van der Waals surface area contributed by atoms with Crippen LogP contribution in [0.2, 0.25) is 0 Å². The van der Waals surface area contributed by atoms with Crippen LogP contribution < -0.4 is 5.32 Å². The van der Waals surface area contributed by atoms with Gasteiger partial charge in [-0.2, -0.15) is 0 Å². The zero-order chi connectivity index (χ0) is 17.3. The molecule has 2 saturated heterocycles. The van der Waals surface area contributed by atoms with Crippen LogP contribution in [0.1, 0.15) is 52.4 Å². The first-order chi connectivity index (χ1) is 11.4. The van der Waals surface area contributed by atoms with E-state index in [0.29, 0.717) is 12.5 Å². The smallest absolute Gasteiger partial charge is 0.325 e. The number of hydrogen-bond acceptors (Lipinski definition) is 4. The lowest BCUT2D eigenvalue weighted by Gasteiger charge is -2.34. The third kappa shape index (κ3) is 3.59. The second-order valence-electron chi connectivity index (χ2n) is 8.25. The number of aliphatic hydroxyl groups is 1. The number of urea groups is 1. The highest BCUT2D eigenvalue weighted by Crippen LogP contribution is 2.36. The van der Waals surface area contributed by atoms with Crippen LogP contribution in [0.25, 0.3) is 0 Å². The molecule has 0 bridgehead atoms. The summed E-state index contributed by atoms with van der Waals surface area (Å²) in [6.45, 7) is 7.06. The predicted molar refractivity (Wildman–Crippen MR) is 91.5 cm³/mol. The molecule has 0 radical (unpaired) electrons. The number of likely N-dealkylation sites (tertiary alicyclic amines) is 1. The number of carbonyl (C=O) groups excluding carboxylic acids is 2. The van der Waals surface area contributed by atoms with E-state index < -0.39 is 11.6 Å². The lowest BCUT2D eigenvalue weighted by atomic mass is 9.77. The van der Waals surface area contributed by atoms with E-state index in [0.717, 1.165) is 57.5 Å². The van der Waals surface area contributed by atoms with Crippen LogP contribution in [-0.2, 0) is 4.79 Å². The Balaban J connectivity index is 1.55. The van der Waals surface area contributed by atoms with Crippen molar-refractivity contribution in [3.05, 3.63) is 0 Å². The van der Waals surface area contributed by atoms with E-state index in [-0.39, 0.29) is 18.5 Å². The fourth-order valence-corrected chi connectivity index (χ4v) is 4.25. The molecule has 0 aromatic rings. The van der Waals surface area contributed by atoms with Crippen LogP contribution in [0.5, 0.6) is 0 Å². The number of β-amino-alcohol motifs (C(OH)–C–C–N with tert-alkyl or cyclic N) is 1. The Bertz CT molecular complexity index is 480. The van der Waals surface area contributed by atoms with Gasteiger partial charge in [-0.15, -0.1) is 0 Å². The number of amides is 3. The summed E-state index contributed by atoms with van der Waals surface area (Å²) in [5.41, 5.74) is -0.704. The Morgan fingerprint density at radius 2 is 1.67 bits per heavy atom. The maximum atomic E-state index is 12.8.